The molecule has 0 aliphatic rings. The Bertz CT molecular complexity index is 547. The standard InChI is InChI=1S/C12H13BrN4O/c1-18-10-11(14)16-7-17-12(10)15-6-8-3-2-4-9(13)5-8/h2-5,7H,6H2,1H3,(H3,14,15,16,17). The maximum atomic E-state index is 5.70. The highest BCUT2D eigenvalue weighted by Gasteiger charge is 2.08. The number of anilines is 2. The first-order valence-electron chi connectivity index (χ1n) is 5.33. The van der Waals surface area contributed by atoms with Gasteiger partial charge in [0.2, 0.25) is 5.75 Å². The van der Waals surface area contributed by atoms with Crippen LogP contribution in [0.5, 0.6) is 5.75 Å². The average molecular weight is 309 g/mol. The zero-order valence-electron chi connectivity index (χ0n) is 9.85. The van der Waals surface area contributed by atoms with Crippen molar-refractivity contribution in [1.82, 2.24) is 9.97 Å². The number of methoxy groups -OCH3 is 1. The molecule has 0 radical (unpaired) electrons. The third-order valence-electron chi connectivity index (χ3n) is 2.38. The van der Waals surface area contributed by atoms with Gasteiger partial charge in [0.15, 0.2) is 11.6 Å². The molecule has 1 aromatic heterocycles. The quantitative estimate of drug-likeness (QED) is 0.907. The molecule has 18 heavy (non-hydrogen) atoms. The number of nitrogen functional groups attached to an aromatic ring is 1. The Kier molecular flexibility index (Phi) is 3.99. The van der Waals surface area contributed by atoms with Crippen molar-refractivity contribution in [2.75, 3.05) is 18.2 Å². The van der Waals surface area contributed by atoms with E-state index in [2.05, 4.69) is 31.2 Å². The van der Waals surface area contributed by atoms with Crippen LogP contribution in [0.2, 0.25) is 0 Å². The van der Waals surface area contributed by atoms with E-state index >= 15 is 0 Å². The summed E-state index contributed by atoms with van der Waals surface area (Å²) in [5, 5.41) is 3.17. The number of ether oxygens (including phenoxy) is 1. The summed E-state index contributed by atoms with van der Waals surface area (Å²) in [6.45, 7) is 0.631. The number of halogens is 1. The van der Waals surface area contributed by atoms with Crippen LogP contribution in [0.3, 0.4) is 0 Å². The van der Waals surface area contributed by atoms with Crippen molar-refractivity contribution in [2.45, 2.75) is 6.54 Å². The van der Waals surface area contributed by atoms with E-state index in [9.17, 15) is 0 Å². The van der Waals surface area contributed by atoms with Gasteiger partial charge in [0.1, 0.15) is 6.33 Å². The lowest BCUT2D eigenvalue weighted by Crippen LogP contribution is -2.06. The van der Waals surface area contributed by atoms with E-state index in [1.54, 1.807) is 7.11 Å². The van der Waals surface area contributed by atoms with Crippen LogP contribution >= 0.6 is 15.9 Å². The zero-order valence-corrected chi connectivity index (χ0v) is 11.4. The second-order valence-electron chi connectivity index (χ2n) is 3.62. The maximum absolute atomic E-state index is 5.70. The smallest absolute Gasteiger partial charge is 0.203 e. The molecular weight excluding hydrogens is 296 g/mol. The normalized spacial score (nSPS) is 10.1. The first kappa shape index (κ1) is 12.6. The van der Waals surface area contributed by atoms with Gasteiger partial charge in [-0.3, -0.25) is 0 Å². The van der Waals surface area contributed by atoms with Gasteiger partial charge in [-0.15, -0.1) is 0 Å². The van der Waals surface area contributed by atoms with Gasteiger partial charge < -0.3 is 15.8 Å². The van der Waals surface area contributed by atoms with Crippen LogP contribution in [0.15, 0.2) is 35.1 Å². The van der Waals surface area contributed by atoms with Crippen molar-refractivity contribution < 1.29 is 4.74 Å². The fraction of sp³-hybridized carbons (Fsp3) is 0.167. The Balaban J connectivity index is 2.13. The largest absolute Gasteiger partial charge is 0.490 e. The Morgan fingerprint density at radius 3 is 2.94 bits per heavy atom. The molecule has 0 spiro atoms. The number of nitrogens with one attached hydrogen (secondary N) is 1. The van der Waals surface area contributed by atoms with Crippen LogP contribution in [0, 0.1) is 0 Å². The number of hydrogen-bond donors (Lipinski definition) is 2. The van der Waals surface area contributed by atoms with E-state index < -0.39 is 0 Å². The molecule has 0 fully saturated rings. The van der Waals surface area contributed by atoms with Crippen LogP contribution in [0.25, 0.3) is 0 Å². The van der Waals surface area contributed by atoms with E-state index in [4.69, 9.17) is 10.5 Å². The van der Waals surface area contributed by atoms with Crippen molar-refractivity contribution in [3.8, 4) is 5.75 Å². The SMILES string of the molecule is COc1c(N)ncnc1NCc1cccc(Br)c1. The van der Waals surface area contributed by atoms with Gasteiger partial charge in [-0.25, -0.2) is 9.97 Å². The van der Waals surface area contributed by atoms with E-state index in [1.165, 1.54) is 6.33 Å². The lowest BCUT2D eigenvalue weighted by molar-refractivity contribution is 0.415. The number of nitrogens with zero attached hydrogens (tertiary/aromatic N) is 2. The van der Waals surface area contributed by atoms with Crippen LogP contribution in [0.4, 0.5) is 11.6 Å². The summed E-state index contributed by atoms with van der Waals surface area (Å²) in [6, 6.07) is 8.01. The minimum absolute atomic E-state index is 0.323. The second-order valence-corrected chi connectivity index (χ2v) is 4.54. The zero-order chi connectivity index (χ0) is 13.0. The van der Waals surface area contributed by atoms with Gasteiger partial charge in [-0.1, -0.05) is 28.1 Å². The molecule has 2 rings (SSSR count). The van der Waals surface area contributed by atoms with Gasteiger partial charge in [0.25, 0.3) is 0 Å². The molecule has 1 aromatic carbocycles. The van der Waals surface area contributed by atoms with Gasteiger partial charge in [-0.05, 0) is 17.7 Å². The minimum Gasteiger partial charge on any atom is -0.490 e. The molecule has 0 atom stereocenters. The Morgan fingerprint density at radius 2 is 2.22 bits per heavy atom. The molecule has 0 saturated heterocycles. The van der Waals surface area contributed by atoms with Crippen LogP contribution in [0.1, 0.15) is 5.56 Å². The highest BCUT2D eigenvalue weighted by Crippen LogP contribution is 2.26. The molecular formula is C12H13BrN4O. The fourth-order valence-corrected chi connectivity index (χ4v) is 1.99. The summed E-state index contributed by atoms with van der Waals surface area (Å²) in [6.07, 6.45) is 1.40. The van der Waals surface area contributed by atoms with Crippen molar-refractivity contribution >= 4 is 27.6 Å². The molecule has 94 valence electrons. The van der Waals surface area contributed by atoms with Crippen molar-refractivity contribution in [3.05, 3.63) is 40.6 Å². The van der Waals surface area contributed by atoms with E-state index in [0.717, 1.165) is 10.0 Å². The highest BCUT2D eigenvalue weighted by molar-refractivity contribution is 9.10. The molecule has 0 aliphatic carbocycles. The second kappa shape index (κ2) is 5.68. The first-order valence-corrected chi connectivity index (χ1v) is 6.13. The van der Waals surface area contributed by atoms with Gasteiger partial charge in [0.05, 0.1) is 7.11 Å². The highest BCUT2D eigenvalue weighted by atomic mass is 79.9. The molecule has 0 bridgehead atoms. The molecule has 1 heterocycles. The molecule has 0 amide bonds. The maximum Gasteiger partial charge on any atom is 0.203 e. The van der Waals surface area contributed by atoms with Crippen molar-refractivity contribution in [2.24, 2.45) is 0 Å². The third-order valence-corrected chi connectivity index (χ3v) is 2.88. The number of rotatable bonds is 4. The molecule has 0 unspecified atom stereocenters. The van der Waals surface area contributed by atoms with Gasteiger partial charge in [0, 0.05) is 11.0 Å². The van der Waals surface area contributed by atoms with Crippen molar-refractivity contribution in [3.63, 3.8) is 0 Å². The lowest BCUT2D eigenvalue weighted by Gasteiger charge is -2.11. The van der Waals surface area contributed by atoms with Gasteiger partial charge in [-0.2, -0.15) is 0 Å². The Hall–Kier alpha value is -1.82. The Labute approximate surface area is 114 Å². The molecule has 0 saturated carbocycles. The summed E-state index contributed by atoms with van der Waals surface area (Å²) in [7, 11) is 1.54. The molecule has 3 N–H and O–H groups in total. The monoisotopic (exact) mass is 308 g/mol. The van der Waals surface area contributed by atoms with E-state index in [0.29, 0.717) is 23.9 Å². The summed E-state index contributed by atoms with van der Waals surface area (Å²) < 4.78 is 6.20. The van der Waals surface area contributed by atoms with E-state index in [-0.39, 0.29) is 0 Å². The summed E-state index contributed by atoms with van der Waals surface area (Å²) in [5.41, 5.74) is 6.83. The van der Waals surface area contributed by atoms with Crippen LogP contribution in [-0.4, -0.2) is 17.1 Å². The topological polar surface area (TPSA) is 73.1 Å². The van der Waals surface area contributed by atoms with Crippen LogP contribution < -0.4 is 15.8 Å². The van der Waals surface area contributed by atoms with Crippen LogP contribution in [-0.2, 0) is 6.54 Å². The summed E-state index contributed by atoms with van der Waals surface area (Å²) in [5.74, 6) is 1.38. The van der Waals surface area contributed by atoms with Gasteiger partial charge >= 0.3 is 0 Å². The average Bonchev–Trinajstić information content (AvgIpc) is 2.36. The third kappa shape index (κ3) is 2.89. The number of hydrogen-bond acceptors (Lipinski definition) is 5. The minimum atomic E-state index is 0.323. The number of nitrogens with two attached hydrogens (primary N) is 1. The predicted octanol–water partition coefficient (Wildman–Crippen LogP) is 2.44. The summed E-state index contributed by atoms with van der Waals surface area (Å²) in [4.78, 5) is 7.98. The fourth-order valence-electron chi connectivity index (χ4n) is 1.55. The Morgan fingerprint density at radius 1 is 1.39 bits per heavy atom. The molecule has 2 aromatic rings. The lowest BCUT2D eigenvalue weighted by atomic mass is 10.2. The van der Waals surface area contributed by atoms with Crippen molar-refractivity contribution in [1.29, 1.82) is 0 Å². The first-order chi connectivity index (χ1) is 8.70. The summed E-state index contributed by atoms with van der Waals surface area (Å²) >= 11 is 3.43. The molecule has 5 nitrogen and oxygen atoms in total. The predicted molar refractivity (Wildman–Crippen MR) is 74.5 cm³/mol. The van der Waals surface area contributed by atoms with E-state index in [1.807, 2.05) is 24.3 Å². The number of aromatic nitrogens is 2. The molecule has 6 heteroatoms. The molecule has 0 aliphatic heterocycles. The number of benzene rings is 1.